The molecule has 2 atom stereocenters. The zero-order valence-corrected chi connectivity index (χ0v) is 10.2. The summed E-state index contributed by atoms with van der Waals surface area (Å²) in [5.74, 6) is -0.149. The summed E-state index contributed by atoms with van der Waals surface area (Å²) in [5, 5.41) is 20.7. The number of rotatable bonds is 3. The van der Waals surface area contributed by atoms with Crippen LogP contribution in [-0.2, 0) is 0 Å². The second kappa shape index (κ2) is 5.30. The van der Waals surface area contributed by atoms with Crippen molar-refractivity contribution in [3.63, 3.8) is 0 Å². The van der Waals surface area contributed by atoms with Crippen LogP contribution in [0.5, 0.6) is 5.75 Å². The summed E-state index contributed by atoms with van der Waals surface area (Å²) < 4.78 is 5.56. The van der Waals surface area contributed by atoms with Gasteiger partial charge in [0.25, 0.3) is 0 Å². The molecular formula is C12H16N2O4. The minimum Gasteiger partial charge on any atom is -0.480 e. The van der Waals surface area contributed by atoms with E-state index in [0.29, 0.717) is 18.5 Å². The first-order valence-corrected chi connectivity index (χ1v) is 6.04. The molecule has 1 heterocycles. The van der Waals surface area contributed by atoms with Gasteiger partial charge in [0.15, 0.2) is 0 Å². The molecule has 1 fully saturated rings. The molecule has 18 heavy (non-hydrogen) atoms. The second-order valence-electron chi connectivity index (χ2n) is 4.54. The van der Waals surface area contributed by atoms with Gasteiger partial charge in [0.1, 0.15) is 11.8 Å². The average molecular weight is 252 g/mol. The second-order valence-corrected chi connectivity index (χ2v) is 4.54. The topological polar surface area (TPSA) is 85.5 Å². The molecule has 0 aromatic carbocycles. The van der Waals surface area contributed by atoms with Gasteiger partial charge < -0.3 is 20.0 Å². The lowest BCUT2D eigenvalue weighted by Crippen LogP contribution is -2.34. The van der Waals surface area contributed by atoms with E-state index in [4.69, 9.17) is 4.74 Å². The largest absolute Gasteiger partial charge is 0.480 e. The molecule has 6 nitrogen and oxygen atoms in total. The van der Waals surface area contributed by atoms with E-state index in [2.05, 4.69) is 4.98 Å². The molecule has 1 aliphatic rings. The van der Waals surface area contributed by atoms with Crippen LogP contribution in [0.2, 0.25) is 0 Å². The van der Waals surface area contributed by atoms with E-state index in [1.807, 2.05) is 0 Å². The van der Waals surface area contributed by atoms with Crippen molar-refractivity contribution in [3.05, 3.63) is 27.9 Å². The smallest absolute Gasteiger partial charge is 0.406 e. The van der Waals surface area contributed by atoms with Gasteiger partial charge >= 0.3 is 5.82 Å². The first kappa shape index (κ1) is 12.8. The molecule has 6 heteroatoms. The van der Waals surface area contributed by atoms with Gasteiger partial charge in [-0.25, -0.2) is 0 Å². The van der Waals surface area contributed by atoms with Crippen molar-refractivity contribution in [3.8, 4) is 5.75 Å². The molecule has 1 aromatic rings. The number of aliphatic hydroxyl groups is 1. The van der Waals surface area contributed by atoms with E-state index in [0.717, 1.165) is 12.8 Å². The fraction of sp³-hybridized carbons (Fsp3) is 0.583. The number of nitrogens with zero attached hydrogens (tertiary/aromatic N) is 2. The van der Waals surface area contributed by atoms with Gasteiger partial charge in [0.05, 0.1) is 6.10 Å². The maximum atomic E-state index is 10.9. The number of aromatic nitrogens is 1. The van der Waals surface area contributed by atoms with E-state index < -0.39 is 11.0 Å². The normalized spacial score (nSPS) is 23.7. The van der Waals surface area contributed by atoms with E-state index in [1.54, 1.807) is 19.1 Å². The molecule has 98 valence electrons. The maximum absolute atomic E-state index is 10.9. The molecule has 0 radical (unpaired) electrons. The summed E-state index contributed by atoms with van der Waals surface area (Å²) in [6.45, 7) is 1.69. The fourth-order valence-corrected chi connectivity index (χ4v) is 2.13. The zero-order valence-electron chi connectivity index (χ0n) is 10.2. The highest BCUT2D eigenvalue weighted by atomic mass is 16.6. The zero-order chi connectivity index (χ0) is 13.1. The number of aliphatic hydroxyl groups excluding tert-OH is 1. The van der Waals surface area contributed by atoms with Gasteiger partial charge in [-0.1, -0.05) is 6.42 Å². The molecule has 0 amide bonds. The van der Waals surface area contributed by atoms with Crippen LogP contribution in [0.3, 0.4) is 0 Å². The summed E-state index contributed by atoms with van der Waals surface area (Å²) in [5.41, 5.74) is 0.568. The number of hydrogen-bond donors (Lipinski definition) is 1. The summed E-state index contributed by atoms with van der Waals surface area (Å²) >= 11 is 0. The molecule has 1 N–H and O–H groups in total. The van der Waals surface area contributed by atoms with Gasteiger partial charge in [0, 0.05) is 6.92 Å². The van der Waals surface area contributed by atoms with Crippen LogP contribution in [0.1, 0.15) is 31.4 Å². The Morgan fingerprint density at radius 3 is 2.83 bits per heavy atom. The Kier molecular flexibility index (Phi) is 3.76. The first-order valence-electron chi connectivity index (χ1n) is 6.04. The van der Waals surface area contributed by atoms with Crippen molar-refractivity contribution in [2.75, 3.05) is 0 Å². The fourth-order valence-electron chi connectivity index (χ4n) is 2.13. The number of nitro groups is 1. The lowest BCUT2D eigenvalue weighted by atomic mass is 9.95. The van der Waals surface area contributed by atoms with E-state index >= 15 is 0 Å². The molecule has 0 saturated heterocycles. The number of hydrogen-bond acceptors (Lipinski definition) is 5. The average Bonchev–Trinajstić information content (AvgIpc) is 2.34. The van der Waals surface area contributed by atoms with Crippen molar-refractivity contribution in [2.24, 2.45) is 0 Å². The summed E-state index contributed by atoms with van der Waals surface area (Å²) in [6, 6.07) is 3.21. The third-order valence-electron chi connectivity index (χ3n) is 3.10. The maximum Gasteiger partial charge on any atom is 0.406 e. The Balaban J connectivity index is 2.20. The van der Waals surface area contributed by atoms with Crippen LogP contribution in [-0.4, -0.2) is 27.2 Å². The van der Waals surface area contributed by atoms with Gasteiger partial charge in [-0.15, -0.1) is 0 Å². The van der Waals surface area contributed by atoms with Crippen LogP contribution in [0.25, 0.3) is 0 Å². The van der Waals surface area contributed by atoms with Crippen molar-refractivity contribution in [2.45, 2.75) is 44.8 Å². The predicted molar refractivity (Wildman–Crippen MR) is 64.5 cm³/mol. The third-order valence-corrected chi connectivity index (χ3v) is 3.10. The lowest BCUT2D eigenvalue weighted by Gasteiger charge is -2.27. The molecule has 1 aliphatic carbocycles. The SMILES string of the molecule is Cc1ccc(O[C@@H]2CCCC[C@H]2O)c([N+](=O)[O-])n1. The van der Waals surface area contributed by atoms with Gasteiger partial charge in [-0.2, -0.15) is 0 Å². The number of pyridine rings is 1. The van der Waals surface area contributed by atoms with Crippen molar-refractivity contribution < 1.29 is 14.8 Å². The van der Waals surface area contributed by atoms with Crippen LogP contribution in [0.15, 0.2) is 12.1 Å². The molecular weight excluding hydrogens is 236 g/mol. The summed E-state index contributed by atoms with van der Waals surface area (Å²) in [7, 11) is 0. The Morgan fingerprint density at radius 1 is 1.44 bits per heavy atom. The highest BCUT2D eigenvalue weighted by Gasteiger charge is 2.28. The summed E-state index contributed by atoms with van der Waals surface area (Å²) in [6.07, 6.45) is 2.40. The van der Waals surface area contributed by atoms with Crippen LogP contribution < -0.4 is 4.74 Å². The number of aryl methyl sites for hydroxylation is 1. The van der Waals surface area contributed by atoms with Gasteiger partial charge in [0.2, 0.25) is 5.75 Å². The molecule has 0 bridgehead atoms. The number of ether oxygens (including phenoxy) is 1. The van der Waals surface area contributed by atoms with Crippen LogP contribution in [0.4, 0.5) is 5.82 Å². The predicted octanol–water partition coefficient (Wildman–Crippen LogP) is 1.98. The monoisotopic (exact) mass is 252 g/mol. The van der Waals surface area contributed by atoms with Crippen LogP contribution >= 0.6 is 0 Å². The van der Waals surface area contributed by atoms with Crippen molar-refractivity contribution in [1.82, 2.24) is 4.98 Å². The highest BCUT2D eigenvalue weighted by molar-refractivity contribution is 5.40. The lowest BCUT2D eigenvalue weighted by molar-refractivity contribution is -0.390. The molecule has 1 aromatic heterocycles. The van der Waals surface area contributed by atoms with E-state index in [9.17, 15) is 15.2 Å². The van der Waals surface area contributed by atoms with Gasteiger partial charge in [-0.05, 0) is 41.3 Å². The Hall–Kier alpha value is -1.69. The summed E-state index contributed by atoms with van der Waals surface area (Å²) in [4.78, 5) is 14.2. The first-order chi connectivity index (χ1) is 8.58. The Labute approximate surface area is 105 Å². The van der Waals surface area contributed by atoms with Gasteiger partial charge in [-0.3, -0.25) is 0 Å². The molecule has 0 unspecified atom stereocenters. The molecule has 0 spiro atoms. The third kappa shape index (κ3) is 2.76. The minimum atomic E-state index is -0.558. The Bertz CT molecular complexity index is 450. The van der Waals surface area contributed by atoms with Crippen molar-refractivity contribution >= 4 is 5.82 Å². The van der Waals surface area contributed by atoms with E-state index in [-0.39, 0.29) is 17.7 Å². The van der Waals surface area contributed by atoms with E-state index in [1.165, 1.54) is 0 Å². The Morgan fingerprint density at radius 2 is 2.17 bits per heavy atom. The molecule has 2 rings (SSSR count). The minimum absolute atomic E-state index is 0.136. The van der Waals surface area contributed by atoms with Crippen molar-refractivity contribution in [1.29, 1.82) is 0 Å². The van der Waals surface area contributed by atoms with Crippen LogP contribution in [0, 0.1) is 17.0 Å². The highest BCUT2D eigenvalue weighted by Crippen LogP contribution is 2.29. The molecule has 0 aliphatic heterocycles. The standard InChI is InChI=1S/C12H16N2O4/c1-8-6-7-11(12(13-8)14(16)17)18-10-5-3-2-4-9(10)15/h6-7,9-10,15H,2-5H2,1H3/t9-,10-/m1/s1. The quantitative estimate of drug-likeness (QED) is 0.656. The molecule has 1 saturated carbocycles.